The molecule has 0 radical (unpaired) electrons. The van der Waals surface area contributed by atoms with Gasteiger partial charge < -0.3 is 5.32 Å². The van der Waals surface area contributed by atoms with E-state index in [1.807, 2.05) is 6.92 Å². The average molecular weight is 241 g/mol. The summed E-state index contributed by atoms with van der Waals surface area (Å²) in [7, 11) is 0. The van der Waals surface area contributed by atoms with Crippen LogP contribution in [0.3, 0.4) is 0 Å². The van der Waals surface area contributed by atoms with Crippen LogP contribution in [0.15, 0.2) is 30.3 Å². The van der Waals surface area contributed by atoms with Crippen molar-refractivity contribution in [3.8, 4) is 11.8 Å². The maximum Gasteiger partial charge on any atom is 0.0173 e. The molecule has 96 valence electrons. The van der Waals surface area contributed by atoms with Crippen LogP contribution < -0.4 is 5.32 Å². The lowest BCUT2D eigenvalue weighted by Gasteiger charge is -2.28. The van der Waals surface area contributed by atoms with E-state index in [0.29, 0.717) is 11.5 Å². The predicted molar refractivity (Wildman–Crippen MR) is 77.5 cm³/mol. The Kier molecular flexibility index (Phi) is 4.44. The van der Waals surface area contributed by atoms with Gasteiger partial charge in [-0.3, -0.25) is 0 Å². The number of hydrogen-bond acceptors (Lipinski definition) is 1. The number of hydrogen-bond donors (Lipinski definition) is 1. The highest BCUT2D eigenvalue weighted by atomic mass is 14.9. The van der Waals surface area contributed by atoms with E-state index in [4.69, 9.17) is 0 Å². The summed E-state index contributed by atoms with van der Waals surface area (Å²) >= 11 is 0. The molecule has 1 heteroatoms. The largest absolute Gasteiger partial charge is 0.313 e. The summed E-state index contributed by atoms with van der Waals surface area (Å²) in [5.74, 6) is 6.20. The van der Waals surface area contributed by atoms with Gasteiger partial charge in [-0.2, -0.15) is 0 Å². The van der Waals surface area contributed by atoms with Crippen LogP contribution in [0.4, 0.5) is 0 Å². The van der Waals surface area contributed by atoms with E-state index in [9.17, 15) is 0 Å². The van der Waals surface area contributed by atoms with Crippen molar-refractivity contribution in [1.82, 2.24) is 5.32 Å². The minimum atomic E-state index is 0.382. The maximum atomic E-state index is 3.67. The molecule has 1 unspecified atom stereocenters. The molecule has 0 amide bonds. The number of likely N-dealkylation sites (N-methyl/N-ethyl adjacent to an activating group) is 1. The second-order valence-corrected chi connectivity index (χ2v) is 5.10. The smallest absolute Gasteiger partial charge is 0.0173 e. The molecule has 0 aromatic heterocycles. The Labute approximate surface area is 111 Å². The van der Waals surface area contributed by atoms with Crippen molar-refractivity contribution >= 4 is 0 Å². The predicted octanol–water partition coefficient (Wildman–Crippen LogP) is 3.50. The van der Waals surface area contributed by atoms with Gasteiger partial charge >= 0.3 is 0 Å². The molecule has 1 N–H and O–H groups in total. The summed E-state index contributed by atoms with van der Waals surface area (Å²) in [4.78, 5) is 0. The fraction of sp³-hybridized carbons (Fsp3) is 0.529. The molecule has 0 heterocycles. The van der Waals surface area contributed by atoms with E-state index in [2.05, 4.69) is 54.4 Å². The zero-order valence-corrected chi connectivity index (χ0v) is 11.5. The minimum absolute atomic E-state index is 0.382. The molecule has 0 aliphatic heterocycles. The van der Waals surface area contributed by atoms with Gasteiger partial charge in [0.25, 0.3) is 0 Å². The van der Waals surface area contributed by atoms with E-state index in [0.717, 1.165) is 19.4 Å². The highest BCUT2D eigenvalue weighted by molar-refractivity contribution is 5.34. The first-order valence-corrected chi connectivity index (χ1v) is 7.02. The van der Waals surface area contributed by atoms with Gasteiger partial charge in [-0.05, 0) is 38.3 Å². The van der Waals surface area contributed by atoms with E-state index in [-0.39, 0.29) is 0 Å². The number of benzene rings is 1. The summed E-state index contributed by atoms with van der Waals surface area (Å²) in [6.45, 7) is 5.16. The van der Waals surface area contributed by atoms with Gasteiger partial charge in [-0.25, -0.2) is 0 Å². The molecular weight excluding hydrogens is 218 g/mol. The lowest BCUT2D eigenvalue weighted by Crippen LogP contribution is -2.39. The van der Waals surface area contributed by atoms with Crippen molar-refractivity contribution in [1.29, 1.82) is 0 Å². The minimum Gasteiger partial charge on any atom is -0.313 e. The first-order valence-electron chi connectivity index (χ1n) is 7.02. The molecular formula is C17H23N. The Morgan fingerprint density at radius 3 is 2.56 bits per heavy atom. The van der Waals surface area contributed by atoms with Crippen LogP contribution in [0, 0.1) is 11.8 Å². The van der Waals surface area contributed by atoms with Crippen molar-refractivity contribution in [2.45, 2.75) is 51.0 Å². The second kappa shape index (κ2) is 6.07. The molecule has 1 nitrogen and oxygen atoms in total. The van der Waals surface area contributed by atoms with Crippen LogP contribution in [0.1, 0.15) is 45.1 Å². The van der Waals surface area contributed by atoms with E-state index in [1.165, 1.54) is 18.4 Å². The summed E-state index contributed by atoms with van der Waals surface area (Å²) in [6, 6.07) is 11.6. The molecule has 0 bridgehead atoms. The van der Waals surface area contributed by atoms with Crippen molar-refractivity contribution in [3.05, 3.63) is 35.9 Å². The van der Waals surface area contributed by atoms with Crippen LogP contribution in [-0.4, -0.2) is 12.6 Å². The standard InChI is InChI=1S/C17H23N/c1-3-5-7-12-16(18-4-2)17(13-14-17)15-10-8-6-9-11-15/h6,8-11,16,18H,4,7,12-14H2,1-2H3. The summed E-state index contributed by atoms with van der Waals surface area (Å²) in [6.07, 6.45) is 4.79. The summed E-state index contributed by atoms with van der Waals surface area (Å²) in [5, 5.41) is 3.67. The van der Waals surface area contributed by atoms with Gasteiger partial charge in [0, 0.05) is 17.9 Å². The molecule has 1 saturated carbocycles. The van der Waals surface area contributed by atoms with Crippen LogP contribution in [0.5, 0.6) is 0 Å². The van der Waals surface area contributed by atoms with Gasteiger partial charge in [0.15, 0.2) is 0 Å². The van der Waals surface area contributed by atoms with Crippen LogP contribution in [0.2, 0.25) is 0 Å². The molecule has 0 spiro atoms. The Morgan fingerprint density at radius 1 is 1.28 bits per heavy atom. The fourth-order valence-electron chi connectivity index (χ4n) is 2.90. The van der Waals surface area contributed by atoms with E-state index in [1.54, 1.807) is 0 Å². The molecule has 2 rings (SSSR count). The molecule has 1 fully saturated rings. The van der Waals surface area contributed by atoms with Gasteiger partial charge in [0.1, 0.15) is 0 Å². The maximum absolute atomic E-state index is 3.67. The summed E-state index contributed by atoms with van der Waals surface area (Å²) in [5.41, 5.74) is 1.88. The highest BCUT2D eigenvalue weighted by Crippen LogP contribution is 2.51. The van der Waals surface area contributed by atoms with Crippen molar-refractivity contribution in [2.75, 3.05) is 6.54 Å². The third kappa shape index (κ3) is 2.76. The van der Waals surface area contributed by atoms with Gasteiger partial charge in [-0.1, -0.05) is 37.3 Å². The Balaban J connectivity index is 2.11. The van der Waals surface area contributed by atoms with Crippen molar-refractivity contribution < 1.29 is 0 Å². The lowest BCUT2D eigenvalue weighted by atomic mass is 9.85. The zero-order valence-electron chi connectivity index (χ0n) is 11.5. The van der Waals surface area contributed by atoms with Gasteiger partial charge in [-0.15, -0.1) is 11.8 Å². The van der Waals surface area contributed by atoms with E-state index < -0.39 is 0 Å². The molecule has 1 aromatic rings. The Morgan fingerprint density at radius 2 is 2.00 bits per heavy atom. The molecule has 1 aliphatic carbocycles. The average Bonchev–Trinajstić information content (AvgIpc) is 3.21. The van der Waals surface area contributed by atoms with Gasteiger partial charge in [0.2, 0.25) is 0 Å². The molecule has 0 saturated heterocycles. The molecule has 18 heavy (non-hydrogen) atoms. The second-order valence-electron chi connectivity index (χ2n) is 5.10. The van der Waals surface area contributed by atoms with Crippen molar-refractivity contribution in [3.63, 3.8) is 0 Å². The molecule has 1 aliphatic rings. The first-order chi connectivity index (χ1) is 8.83. The number of nitrogens with one attached hydrogen (secondary N) is 1. The molecule has 1 atom stereocenters. The zero-order chi connectivity index (χ0) is 12.8. The highest BCUT2D eigenvalue weighted by Gasteiger charge is 2.49. The SMILES string of the molecule is CC#CCCC(NCC)C1(c2ccccc2)CC1. The molecule has 1 aromatic carbocycles. The third-order valence-corrected chi connectivity index (χ3v) is 3.99. The summed E-state index contributed by atoms with van der Waals surface area (Å²) < 4.78 is 0. The Bertz CT molecular complexity index is 420. The van der Waals surface area contributed by atoms with Crippen LogP contribution in [-0.2, 0) is 5.41 Å². The lowest BCUT2D eigenvalue weighted by molar-refractivity contribution is 0.404. The van der Waals surface area contributed by atoms with Crippen LogP contribution in [0.25, 0.3) is 0 Å². The quantitative estimate of drug-likeness (QED) is 0.752. The van der Waals surface area contributed by atoms with Gasteiger partial charge in [0.05, 0.1) is 0 Å². The normalized spacial score (nSPS) is 17.7. The topological polar surface area (TPSA) is 12.0 Å². The van der Waals surface area contributed by atoms with E-state index >= 15 is 0 Å². The fourth-order valence-corrected chi connectivity index (χ4v) is 2.90. The monoisotopic (exact) mass is 241 g/mol. The van der Waals surface area contributed by atoms with Crippen LogP contribution >= 0.6 is 0 Å². The third-order valence-electron chi connectivity index (χ3n) is 3.99. The number of rotatable bonds is 6. The Hall–Kier alpha value is -1.26. The first kappa shape index (κ1) is 13.2. The van der Waals surface area contributed by atoms with Crippen molar-refractivity contribution in [2.24, 2.45) is 0 Å².